The van der Waals surface area contributed by atoms with Crippen molar-refractivity contribution in [2.24, 2.45) is 21.8 Å². The molecule has 0 aliphatic carbocycles. The molecule has 3 rings (SSSR count). The Hall–Kier alpha value is -3.94. The van der Waals surface area contributed by atoms with Gasteiger partial charge in [-0.25, -0.2) is 0 Å². The third-order valence-electron chi connectivity index (χ3n) is 3.82. The Kier molecular flexibility index (Phi) is 4.75. The first-order chi connectivity index (χ1) is 12.6. The molecule has 1 aromatic carbocycles. The van der Waals surface area contributed by atoms with E-state index in [-0.39, 0.29) is 11.7 Å². The molecule has 8 nitrogen and oxygen atoms in total. The van der Waals surface area contributed by atoms with Gasteiger partial charge in [-0.15, -0.1) is 0 Å². The van der Waals surface area contributed by atoms with Crippen molar-refractivity contribution in [3.05, 3.63) is 72.3 Å². The van der Waals surface area contributed by atoms with E-state index in [2.05, 4.69) is 20.3 Å². The van der Waals surface area contributed by atoms with Gasteiger partial charge in [-0.2, -0.15) is 0 Å². The minimum Gasteiger partial charge on any atom is -0.409 e. The number of nitrogens with zero attached hydrogens (tertiary/aromatic N) is 4. The van der Waals surface area contributed by atoms with Gasteiger partial charge in [0.2, 0.25) is 0 Å². The first kappa shape index (κ1) is 16.9. The minimum atomic E-state index is -0.0327. The lowest BCUT2D eigenvalue weighted by Crippen LogP contribution is -2.14. The van der Waals surface area contributed by atoms with E-state index in [1.165, 1.54) is 0 Å². The maximum Gasteiger partial charge on any atom is 0.188 e. The van der Waals surface area contributed by atoms with Crippen molar-refractivity contribution in [3.8, 4) is 22.3 Å². The van der Waals surface area contributed by atoms with Gasteiger partial charge < -0.3 is 21.9 Å². The molecule has 0 saturated heterocycles. The van der Waals surface area contributed by atoms with Gasteiger partial charge in [-0.1, -0.05) is 46.7 Å². The lowest BCUT2D eigenvalue weighted by Gasteiger charge is -2.06. The molecule has 0 saturated carbocycles. The summed E-state index contributed by atoms with van der Waals surface area (Å²) in [5.41, 5.74) is 15.6. The zero-order valence-electron chi connectivity index (χ0n) is 13.6. The number of rotatable bonds is 4. The van der Waals surface area contributed by atoms with Crippen LogP contribution in [0.25, 0.3) is 22.3 Å². The van der Waals surface area contributed by atoms with E-state index in [1.807, 2.05) is 36.4 Å². The number of pyridine rings is 2. The lowest BCUT2D eigenvalue weighted by molar-refractivity contribution is 0.318. The normalized spacial score (nSPS) is 12.2. The number of hydrogen-bond acceptors (Lipinski definition) is 6. The molecular weight excluding hydrogens is 332 g/mol. The maximum atomic E-state index is 8.67. The molecular formula is C18H16N6O2. The van der Waals surface area contributed by atoms with Gasteiger partial charge in [0.1, 0.15) is 11.4 Å². The number of nitrogens with two attached hydrogens (primary N) is 2. The Labute approximate surface area is 149 Å². The first-order valence-corrected chi connectivity index (χ1v) is 7.61. The second kappa shape index (κ2) is 7.31. The molecule has 3 aromatic rings. The van der Waals surface area contributed by atoms with Gasteiger partial charge in [0.05, 0.1) is 0 Å². The van der Waals surface area contributed by atoms with Crippen molar-refractivity contribution in [3.63, 3.8) is 0 Å². The summed E-state index contributed by atoms with van der Waals surface area (Å²) < 4.78 is 0. The highest BCUT2D eigenvalue weighted by molar-refractivity contribution is 5.96. The van der Waals surface area contributed by atoms with Crippen LogP contribution in [0.15, 0.2) is 71.2 Å². The molecule has 0 fully saturated rings. The number of benzene rings is 1. The summed E-state index contributed by atoms with van der Waals surface area (Å²) in [6.07, 6.45) is 3.32. The third kappa shape index (κ3) is 3.44. The summed E-state index contributed by atoms with van der Waals surface area (Å²) in [4.78, 5) is 8.34. The van der Waals surface area contributed by atoms with Crippen molar-refractivity contribution in [1.29, 1.82) is 0 Å². The lowest BCUT2D eigenvalue weighted by atomic mass is 10.0. The van der Waals surface area contributed by atoms with Crippen LogP contribution in [0.3, 0.4) is 0 Å². The van der Waals surface area contributed by atoms with Crippen molar-refractivity contribution in [2.75, 3.05) is 0 Å². The summed E-state index contributed by atoms with van der Waals surface area (Å²) in [5.74, 6) is -0.0653. The van der Waals surface area contributed by atoms with E-state index < -0.39 is 0 Å². The van der Waals surface area contributed by atoms with Crippen LogP contribution in [0.4, 0.5) is 0 Å². The summed E-state index contributed by atoms with van der Waals surface area (Å²) in [6.45, 7) is 0. The Balaban J connectivity index is 1.82. The highest BCUT2D eigenvalue weighted by atomic mass is 16.4. The van der Waals surface area contributed by atoms with Crippen LogP contribution in [0, 0.1) is 0 Å². The zero-order valence-corrected chi connectivity index (χ0v) is 13.6. The molecule has 0 radical (unpaired) electrons. The fraction of sp³-hybridized carbons (Fsp3) is 0. The standard InChI is InChI=1S/C18H16N6O2/c19-17(23-25)15-7-5-13(9-21-15)11-1-2-12(4-3-11)14-6-8-16(22-10-14)18(20)24-26/h1-10,25-26H,(H2,19,23)(H2,20,24). The topological polar surface area (TPSA) is 143 Å². The van der Waals surface area contributed by atoms with E-state index in [0.29, 0.717) is 11.4 Å². The zero-order chi connectivity index (χ0) is 18.5. The first-order valence-electron chi connectivity index (χ1n) is 7.61. The quantitative estimate of drug-likeness (QED) is 0.246. The van der Waals surface area contributed by atoms with E-state index in [4.69, 9.17) is 21.9 Å². The van der Waals surface area contributed by atoms with E-state index >= 15 is 0 Å². The minimum absolute atomic E-state index is 0.0327. The Morgan fingerprint density at radius 1 is 0.615 bits per heavy atom. The third-order valence-corrected chi connectivity index (χ3v) is 3.82. The summed E-state index contributed by atoms with van der Waals surface area (Å²) in [5, 5.41) is 23.2. The van der Waals surface area contributed by atoms with Gasteiger partial charge in [-0.05, 0) is 23.3 Å². The van der Waals surface area contributed by atoms with Crippen LogP contribution in [-0.2, 0) is 0 Å². The Morgan fingerprint density at radius 2 is 0.962 bits per heavy atom. The fourth-order valence-corrected chi connectivity index (χ4v) is 2.39. The predicted octanol–water partition coefficient (Wildman–Crippen LogP) is 2.00. The molecule has 8 heteroatoms. The molecule has 0 spiro atoms. The Morgan fingerprint density at radius 3 is 1.23 bits per heavy atom. The van der Waals surface area contributed by atoms with Crippen molar-refractivity contribution < 1.29 is 10.4 Å². The highest BCUT2D eigenvalue weighted by Crippen LogP contribution is 2.24. The maximum absolute atomic E-state index is 8.67. The summed E-state index contributed by atoms with van der Waals surface area (Å²) in [7, 11) is 0. The van der Waals surface area contributed by atoms with Gasteiger partial charge in [0.15, 0.2) is 11.7 Å². The number of aromatic nitrogens is 2. The predicted molar refractivity (Wildman–Crippen MR) is 97.9 cm³/mol. The molecule has 6 N–H and O–H groups in total. The molecule has 0 bridgehead atoms. The number of hydrogen-bond donors (Lipinski definition) is 4. The van der Waals surface area contributed by atoms with E-state index in [0.717, 1.165) is 22.3 Å². The molecule has 0 atom stereocenters. The molecule has 26 heavy (non-hydrogen) atoms. The highest BCUT2D eigenvalue weighted by Gasteiger charge is 2.05. The number of amidine groups is 2. The Bertz CT molecular complexity index is 868. The molecule has 130 valence electrons. The monoisotopic (exact) mass is 348 g/mol. The molecule has 2 heterocycles. The van der Waals surface area contributed by atoms with Gasteiger partial charge in [-0.3, -0.25) is 9.97 Å². The average Bonchev–Trinajstić information content (AvgIpc) is 2.73. The molecule has 0 unspecified atom stereocenters. The van der Waals surface area contributed by atoms with Crippen molar-refractivity contribution in [2.45, 2.75) is 0 Å². The van der Waals surface area contributed by atoms with Crippen LogP contribution in [0.1, 0.15) is 11.4 Å². The average molecular weight is 348 g/mol. The van der Waals surface area contributed by atoms with Crippen LogP contribution >= 0.6 is 0 Å². The van der Waals surface area contributed by atoms with Gasteiger partial charge >= 0.3 is 0 Å². The second-order valence-corrected chi connectivity index (χ2v) is 5.41. The molecule has 2 aromatic heterocycles. The van der Waals surface area contributed by atoms with Crippen LogP contribution in [0.5, 0.6) is 0 Å². The second-order valence-electron chi connectivity index (χ2n) is 5.41. The van der Waals surface area contributed by atoms with Crippen LogP contribution < -0.4 is 11.5 Å². The van der Waals surface area contributed by atoms with E-state index in [1.54, 1.807) is 24.5 Å². The van der Waals surface area contributed by atoms with Gasteiger partial charge in [0, 0.05) is 23.5 Å². The fourth-order valence-electron chi connectivity index (χ4n) is 2.39. The smallest absolute Gasteiger partial charge is 0.188 e. The molecule has 0 amide bonds. The number of oxime groups is 2. The SMILES string of the molecule is N/C(=N\O)c1ccc(-c2ccc(-c3ccc(/C(N)=N\O)nc3)cc2)cn1. The van der Waals surface area contributed by atoms with Crippen molar-refractivity contribution in [1.82, 2.24) is 9.97 Å². The van der Waals surface area contributed by atoms with E-state index in [9.17, 15) is 0 Å². The largest absolute Gasteiger partial charge is 0.409 e. The molecule has 0 aliphatic rings. The van der Waals surface area contributed by atoms with Crippen LogP contribution in [0.2, 0.25) is 0 Å². The van der Waals surface area contributed by atoms with Crippen molar-refractivity contribution >= 4 is 11.7 Å². The molecule has 0 aliphatic heterocycles. The van der Waals surface area contributed by atoms with Crippen LogP contribution in [-0.4, -0.2) is 32.1 Å². The van der Waals surface area contributed by atoms with Gasteiger partial charge in [0.25, 0.3) is 0 Å². The summed E-state index contributed by atoms with van der Waals surface area (Å²) in [6, 6.07) is 14.9. The summed E-state index contributed by atoms with van der Waals surface area (Å²) >= 11 is 0.